The zero-order valence-electron chi connectivity index (χ0n) is 12.4. The standard InChI is InChI=1S/C15H20N2O4S/c1-10-14(7-8-21-10)22(19,20)17-13-4-2-3-11(9-13)15(18)16-12-5-6-12/h2-4,9-10,12,14,17H,5-8H2,1H3,(H,16,18). The fourth-order valence-electron chi connectivity index (χ4n) is 2.58. The van der Waals surface area contributed by atoms with E-state index in [4.69, 9.17) is 4.74 Å². The monoisotopic (exact) mass is 324 g/mol. The van der Waals surface area contributed by atoms with Crippen molar-refractivity contribution in [3.05, 3.63) is 29.8 Å². The normalized spacial score (nSPS) is 25.0. The molecule has 2 aliphatic rings. The quantitative estimate of drug-likeness (QED) is 0.859. The zero-order chi connectivity index (χ0) is 15.7. The number of ether oxygens (including phenoxy) is 1. The van der Waals surface area contributed by atoms with Gasteiger partial charge in [0.2, 0.25) is 10.0 Å². The summed E-state index contributed by atoms with van der Waals surface area (Å²) in [7, 11) is -3.52. The van der Waals surface area contributed by atoms with E-state index < -0.39 is 15.3 Å². The van der Waals surface area contributed by atoms with Crippen LogP contribution in [0.1, 0.15) is 36.5 Å². The Morgan fingerprint density at radius 3 is 2.68 bits per heavy atom. The van der Waals surface area contributed by atoms with Crippen molar-refractivity contribution in [3.63, 3.8) is 0 Å². The highest BCUT2D eigenvalue weighted by molar-refractivity contribution is 7.93. The van der Waals surface area contributed by atoms with Gasteiger partial charge in [0.1, 0.15) is 5.25 Å². The number of nitrogens with one attached hydrogen (secondary N) is 2. The molecule has 0 aromatic heterocycles. The summed E-state index contributed by atoms with van der Waals surface area (Å²) in [6.45, 7) is 2.22. The van der Waals surface area contributed by atoms with Gasteiger partial charge in [0.25, 0.3) is 5.91 Å². The van der Waals surface area contributed by atoms with Crippen molar-refractivity contribution in [2.45, 2.75) is 43.6 Å². The number of hydrogen-bond donors (Lipinski definition) is 2. The highest BCUT2D eigenvalue weighted by Gasteiger charge is 2.35. The van der Waals surface area contributed by atoms with Gasteiger partial charge in [0.15, 0.2) is 0 Å². The lowest BCUT2D eigenvalue weighted by Gasteiger charge is -2.17. The van der Waals surface area contributed by atoms with E-state index >= 15 is 0 Å². The molecule has 0 radical (unpaired) electrons. The molecule has 1 amide bonds. The van der Waals surface area contributed by atoms with Crippen LogP contribution >= 0.6 is 0 Å². The molecule has 7 heteroatoms. The van der Waals surface area contributed by atoms with Crippen LogP contribution in [-0.4, -0.2) is 38.3 Å². The molecule has 1 saturated heterocycles. The fourth-order valence-corrected chi connectivity index (χ4v) is 4.18. The van der Waals surface area contributed by atoms with Crippen LogP contribution in [-0.2, 0) is 14.8 Å². The molecule has 22 heavy (non-hydrogen) atoms. The third kappa shape index (κ3) is 3.41. The maximum Gasteiger partial charge on any atom is 0.251 e. The first-order valence-corrected chi connectivity index (χ1v) is 9.04. The van der Waals surface area contributed by atoms with Crippen LogP contribution < -0.4 is 10.0 Å². The first-order chi connectivity index (χ1) is 10.5. The van der Waals surface area contributed by atoms with Crippen molar-refractivity contribution in [1.82, 2.24) is 5.32 Å². The molecule has 1 aromatic rings. The smallest absolute Gasteiger partial charge is 0.251 e. The van der Waals surface area contributed by atoms with Crippen LogP contribution in [0.3, 0.4) is 0 Å². The third-order valence-electron chi connectivity index (χ3n) is 4.00. The van der Waals surface area contributed by atoms with Crippen molar-refractivity contribution in [3.8, 4) is 0 Å². The molecular weight excluding hydrogens is 304 g/mol. The molecule has 3 rings (SSSR count). The van der Waals surface area contributed by atoms with Crippen molar-refractivity contribution < 1.29 is 17.9 Å². The fraction of sp³-hybridized carbons (Fsp3) is 0.533. The van der Waals surface area contributed by atoms with E-state index in [1.807, 2.05) is 0 Å². The number of carbonyl (C=O) groups is 1. The van der Waals surface area contributed by atoms with Gasteiger partial charge < -0.3 is 10.1 Å². The van der Waals surface area contributed by atoms with Crippen molar-refractivity contribution >= 4 is 21.6 Å². The van der Waals surface area contributed by atoms with Gasteiger partial charge in [-0.15, -0.1) is 0 Å². The lowest BCUT2D eigenvalue weighted by Crippen LogP contribution is -2.33. The molecule has 2 N–H and O–H groups in total. The summed E-state index contributed by atoms with van der Waals surface area (Å²) in [4.78, 5) is 12.0. The van der Waals surface area contributed by atoms with Gasteiger partial charge >= 0.3 is 0 Å². The molecule has 2 fully saturated rings. The van der Waals surface area contributed by atoms with Crippen LogP contribution in [0.15, 0.2) is 24.3 Å². The first-order valence-electron chi connectivity index (χ1n) is 7.50. The summed E-state index contributed by atoms with van der Waals surface area (Å²) in [5, 5.41) is 2.33. The lowest BCUT2D eigenvalue weighted by atomic mass is 10.2. The summed E-state index contributed by atoms with van der Waals surface area (Å²) in [6.07, 6.45) is 2.19. The van der Waals surface area contributed by atoms with Gasteiger partial charge in [-0.25, -0.2) is 8.42 Å². The number of amides is 1. The number of sulfonamides is 1. The van der Waals surface area contributed by atoms with Crippen LogP contribution in [0.2, 0.25) is 0 Å². The van der Waals surface area contributed by atoms with E-state index in [1.54, 1.807) is 31.2 Å². The Labute approximate surface area is 130 Å². The molecule has 1 aliphatic carbocycles. The molecule has 0 bridgehead atoms. The van der Waals surface area contributed by atoms with Gasteiger partial charge in [-0.05, 0) is 44.4 Å². The van der Waals surface area contributed by atoms with E-state index in [-0.39, 0.29) is 18.1 Å². The molecular formula is C15H20N2O4S. The molecule has 0 spiro atoms. The van der Waals surface area contributed by atoms with E-state index in [2.05, 4.69) is 10.0 Å². The van der Waals surface area contributed by atoms with E-state index in [0.717, 1.165) is 12.8 Å². The molecule has 1 saturated carbocycles. The summed E-state index contributed by atoms with van der Waals surface area (Å²) >= 11 is 0. The largest absolute Gasteiger partial charge is 0.377 e. The number of rotatable bonds is 5. The Balaban J connectivity index is 1.73. The number of benzene rings is 1. The third-order valence-corrected chi connectivity index (χ3v) is 5.94. The van der Waals surface area contributed by atoms with Gasteiger partial charge in [0.05, 0.1) is 6.10 Å². The minimum Gasteiger partial charge on any atom is -0.377 e. The van der Waals surface area contributed by atoms with E-state index in [1.165, 1.54) is 0 Å². The maximum absolute atomic E-state index is 12.4. The Morgan fingerprint density at radius 2 is 2.05 bits per heavy atom. The molecule has 6 nitrogen and oxygen atoms in total. The summed E-state index contributed by atoms with van der Waals surface area (Å²) in [5.41, 5.74) is 0.866. The maximum atomic E-state index is 12.4. The first kappa shape index (κ1) is 15.3. The Hall–Kier alpha value is -1.60. The molecule has 1 aromatic carbocycles. The summed E-state index contributed by atoms with van der Waals surface area (Å²) < 4.78 is 32.7. The predicted molar refractivity (Wildman–Crippen MR) is 83.3 cm³/mol. The van der Waals surface area contributed by atoms with Crippen molar-refractivity contribution in [2.75, 3.05) is 11.3 Å². The minimum atomic E-state index is -3.52. The van der Waals surface area contributed by atoms with Gasteiger partial charge in [0, 0.05) is 23.9 Å². The molecule has 1 heterocycles. The molecule has 2 atom stereocenters. The van der Waals surface area contributed by atoms with Crippen LogP contribution in [0.5, 0.6) is 0 Å². The van der Waals surface area contributed by atoms with E-state index in [9.17, 15) is 13.2 Å². The van der Waals surface area contributed by atoms with Crippen LogP contribution in [0, 0.1) is 0 Å². The second-order valence-electron chi connectivity index (χ2n) is 5.88. The molecule has 1 aliphatic heterocycles. The Kier molecular flexibility index (Phi) is 4.10. The highest BCUT2D eigenvalue weighted by atomic mass is 32.2. The van der Waals surface area contributed by atoms with Crippen LogP contribution in [0.4, 0.5) is 5.69 Å². The summed E-state index contributed by atoms with van der Waals surface area (Å²) in [5.74, 6) is -0.166. The van der Waals surface area contributed by atoms with E-state index in [0.29, 0.717) is 24.3 Å². The topological polar surface area (TPSA) is 84.5 Å². The number of hydrogen-bond acceptors (Lipinski definition) is 4. The van der Waals surface area contributed by atoms with Gasteiger partial charge in [-0.1, -0.05) is 6.07 Å². The van der Waals surface area contributed by atoms with Crippen molar-refractivity contribution in [2.24, 2.45) is 0 Å². The summed E-state index contributed by atoms with van der Waals surface area (Å²) in [6, 6.07) is 6.83. The molecule has 120 valence electrons. The Bertz CT molecular complexity index is 670. The molecule has 2 unspecified atom stereocenters. The average Bonchev–Trinajstić information content (AvgIpc) is 3.16. The second-order valence-corrected chi connectivity index (χ2v) is 7.78. The average molecular weight is 324 g/mol. The highest BCUT2D eigenvalue weighted by Crippen LogP contribution is 2.24. The minimum absolute atomic E-state index is 0.166. The predicted octanol–water partition coefficient (Wildman–Crippen LogP) is 1.50. The number of carbonyl (C=O) groups excluding carboxylic acids is 1. The second kappa shape index (κ2) is 5.89. The zero-order valence-corrected chi connectivity index (χ0v) is 13.2. The van der Waals surface area contributed by atoms with Crippen LogP contribution in [0.25, 0.3) is 0 Å². The van der Waals surface area contributed by atoms with Crippen molar-refractivity contribution in [1.29, 1.82) is 0 Å². The lowest BCUT2D eigenvalue weighted by molar-refractivity contribution is 0.0951. The Morgan fingerprint density at radius 1 is 1.27 bits per heavy atom. The van der Waals surface area contributed by atoms with Gasteiger partial charge in [-0.3, -0.25) is 9.52 Å². The number of anilines is 1. The van der Waals surface area contributed by atoms with Gasteiger partial charge in [-0.2, -0.15) is 0 Å². The SMILES string of the molecule is CC1OCCC1S(=O)(=O)Nc1cccc(C(=O)NC2CC2)c1.